The van der Waals surface area contributed by atoms with Gasteiger partial charge in [-0.1, -0.05) is 17.3 Å². The van der Waals surface area contributed by atoms with E-state index in [2.05, 4.69) is 20.4 Å². The average molecular weight is 359 g/mol. The molecule has 0 spiro atoms. The number of aromatic nitrogens is 4. The Kier molecular flexibility index (Phi) is 4.25. The molecule has 134 valence electrons. The van der Waals surface area contributed by atoms with E-state index in [1.54, 1.807) is 37.4 Å². The van der Waals surface area contributed by atoms with E-state index in [1.165, 1.54) is 0 Å². The molecule has 0 aliphatic rings. The summed E-state index contributed by atoms with van der Waals surface area (Å²) in [6, 6.07) is 14.6. The number of amides is 1. The highest BCUT2D eigenvalue weighted by Crippen LogP contribution is 2.22. The van der Waals surface area contributed by atoms with Crippen molar-refractivity contribution in [2.45, 2.75) is 6.92 Å². The number of nitrogens with one attached hydrogen (secondary N) is 1. The van der Waals surface area contributed by atoms with E-state index < -0.39 is 0 Å². The summed E-state index contributed by atoms with van der Waals surface area (Å²) >= 11 is 0. The molecule has 1 N–H and O–H groups in total. The molecule has 2 aromatic carbocycles. The van der Waals surface area contributed by atoms with Gasteiger partial charge >= 0.3 is 0 Å². The Morgan fingerprint density at radius 2 is 1.93 bits per heavy atom. The standard InChI is InChI=1S/C20H17N5O2/c1-13-22-20(27-24-13)15-8-6-14(7-9-15)19(26)23-17-5-3-4-16(12-17)18-21-10-11-25(18)2/h3-12H,1-2H3,(H,23,26). The fourth-order valence-corrected chi connectivity index (χ4v) is 2.76. The molecule has 1 amide bonds. The minimum Gasteiger partial charge on any atom is -0.334 e. The van der Waals surface area contributed by atoms with E-state index in [-0.39, 0.29) is 5.91 Å². The molecule has 0 fully saturated rings. The van der Waals surface area contributed by atoms with Gasteiger partial charge < -0.3 is 14.4 Å². The van der Waals surface area contributed by atoms with E-state index in [1.807, 2.05) is 42.1 Å². The minimum absolute atomic E-state index is 0.194. The van der Waals surface area contributed by atoms with E-state index in [0.717, 1.165) is 17.0 Å². The number of nitrogens with zero attached hydrogens (tertiary/aromatic N) is 4. The van der Waals surface area contributed by atoms with E-state index >= 15 is 0 Å². The van der Waals surface area contributed by atoms with Crippen molar-refractivity contribution < 1.29 is 9.32 Å². The van der Waals surface area contributed by atoms with Crippen LogP contribution in [0.3, 0.4) is 0 Å². The van der Waals surface area contributed by atoms with Crippen LogP contribution in [0.2, 0.25) is 0 Å². The molecule has 0 aliphatic carbocycles. The summed E-state index contributed by atoms with van der Waals surface area (Å²) in [5, 5.41) is 6.69. The molecule has 2 aromatic heterocycles. The predicted octanol–water partition coefficient (Wildman–Crippen LogP) is 3.70. The molecule has 0 atom stereocenters. The second-order valence-corrected chi connectivity index (χ2v) is 6.12. The summed E-state index contributed by atoms with van der Waals surface area (Å²) in [4.78, 5) is 21.1. The van der Waals surface area contributed by atoms with Crippen molar-refractivity contribution in [1.82, 2.24) is 19.7 Å². The Bertz CT molecular complexity index is 1100. The first-order chi connectivity index (χ1) is 13.1. The van der Waals surface area contributed by atoms with Crippen molar-refractivity contribution in [2.75, 3.05) is 5.32 Å². The predicted molar refractivity (Wildman–Crippen MR) is 101 cm³/mol. The zero-order valence-corrected chi connectivity index (χ0v) is 14.9. The number of hydrogen-bond donors (Lipinski definition) is 1. The first kappa shape index (κ1) is 16.7. The lowest BCUT2D eigenvalue weighted by Gasteiger charge is -2.08. The van der Waals surface area contributed by atoms with Crippen LogP contribution < -0.4 is 5.32 Å². The van der Waals surface area contributed by atoms with Gasteiger partial charge in [0, 0.05) is 41.8 Å². The zero-order valence-electron chi connectivity index (χ0n) is 14.9. The zero-order chi connectivity index (χ0) is 18.8. The third-order valence-corrected chi connectivity index (χ3v) is 4.12. The van der Waals surface area contributed by atoms with Gasteiger partial charge in [-0.2, -0.15) is 4.98 Å². The number of imidazole rings is 1. The molecule has 4 aromatic rings. The Morgan fingerprint density at radius 3 is 2.59 bits per heavy atom. The monoisotopic (exact) mass is 359 g/mol. The van der Waals surface area contributed by atoms with Gasteiger partial charge in [-0.25, -0.2) is 4.98 Å². The first-order valence-electron chi connectivity index (χ1n) is 8.40. The highest BCUT2D eigenvalue weighted by Gasteiger charge is 2.11. The van der Waals surface area contributed by atoms with Crippen LogP contribution in [0.15, 0.2) is 65.4 Å². The average Bonchev–Trinajstić information content (AvgIpc) is 3.30. The van der Waals surface area contributed by atoms with Crippen LogP contribution in [0.4, 0.5) is 5.69 Å². The number of aryl methyl sites for hydroxylation is 2. The maximum Gasteiger partial charge on any atom is 0.257 e. The van der Waals surface area contributed by atoms with Crippen LogP contribution in [0.25, 0.3) is 22.8 Å². The third-order valence-electron chi connectivity index (χ3n) is 4.12. The maximum atomic E-state index is 12.5. The molecule has 0 saturated heterocycles. The van der Waals surface area contributed by atoms with Crippen molar-refractivity contribution in [3.63, 3.8) is 0 Å². The smallest absolute Gasteiger partial charge is 0.257 e. The van der Waals surface area contributed by atoms with Crippen LogP contribution in [0, 0.1) is 6.92 Å². The first-order valence-corrected chi connectivity index (χ1v) is 8.40. The molecule has 4 rings (SSSR count). The molecule has 0 radical (unpaired) electrons. The van der Waals surface area contributed by atoms with Gasteiger partial charge in [0.15, 0.2) is 5.82 Å². The summed E-state index contributed by atoms with van der Waals surface area (Å²) in [7, 11) is 1.93. The molecule has 27 heavy (non-hydrogen) atoms. The normalized spacial score (nSPS) is 10.7. The van der Waals surface area contributed by atoms with Crippen LogP contribution in [0.1, 0.15) is 16.2 Å². The largest absolute Gasteiger partial charge is 0.334 e. The molecule has 0 aliphatic heterocycles. The third kappa shape index (κ3) is 3.48. The fraction of sp³-hybridized carbons (Fsp3) is 0.100. The SMILES string of the molecule is Cc1noc(-c2ccc(C(=O)Nc3cccc(-c4nccn4C)c3)cc2)n1. The Labute approximate surface area is 155 Å². The van der Waals surface area contributed by atoms with Crippen molar-refractivity contribution >= 4 is 11.6 Å². The lowest BCUT2D eigenvalue weighted by Crippen LogP contribution is -2.11. The number of carbonyl (C=O) groups excluding carboxylic acids is 1. The topological polar surface area (TPSA) is 85.8 Å². The number of carbonyl (C=O) groups is 1. The molecule has 7 nitrogen and oxygen atoms in total. The molecule has 0 unspecified atom stereocenters. The highest BCUT2D eigenvalue weighted by atomic mass is 16.5. The number of anilines is 1. The Morgan fingerprint density at radius 1 is 1.11 bits per heavy atom. The van der Waals surface area contributed by atoms with Gasteiger partial charge in [-0.15, -0.1) is 0 Å². The second-order valence-electron chi connectivity index (χ2n) is 6.12. The summed E-state index contributed by atoms with van der Waals surface area (Å²) in [6.07, 6.45) is 3.63. The van der Waals surface area contributed by atoms with Crippen LogP contribution in [-0.4, -0.2) is 25.6 Å². The van der Waals surface area contributed by atoms with E-state index in [4.69, 9.17) is 4.52 Å². The Hall–Kier alpha value is -3.74. The molecule has 0 saturated carbocycles. The van der Waals surface area contributed by atoms with Gasteiger partial charge in [0.2, 0.25) is 0 Å². The molecular formula is C20H17N5O2. The summed E-state index contributed by atoms with van der Waals surface area (Å²) in [6.45, 7) is 1.76. The number of rotatable bonds is 4. The molecule has 7 heteroatoms. The summed E-state index contributed by atoms with van der Waals surface area (Å²) < 4.78 is 7.06. The highest BCUT2D eigenvalue weighted by molar-refractivity contribution is 6.04. The van der Waals surface area contributed by atoms with Crippen molar-refractivity contribution in [3.05, 3.63) is 72.3 Å². The summed E-state index contributed by atoms with van der Waals surface area (Å²) in [5.41, 5.74) is 2.95. The maximum absolute atomic E-state index is 12.5. The lowest BCUT2D eigenvalue weighted by atomic mass is 10.1. The van der Waals surface area contributed by atoms with Gasteiger partial charge in [0.1, 0.15) is 5.82 Å². The van der Waals surface area contributed by atoms with Crippen LogP contribution in [0.5, 0.6) is 0 Å². The summed E-state index contributed by atoms with van der Waals surface area (Å²) in [5.74, 6) is 1.65. The minimum atomic E-state index is -0.194. The van der Waals surface area contributed by atoms with E-state index in [9.17, 15) is 4.79 Å². The van der Waals surface area contributed by atoms with Crippen molar-refractivity contribution in [3.8, 4) is 22.8 Å². The lowest BCUT2D eigenvalue weighted by molar-refractivity contribution is 0.102. The second kappa shape index (κ2) is 6.87. The quantitative estimate of drug-likeness (QED) is 0.600. The number of benzene rings is 2. The van der Waals surface area contributed by atoms with Crippen molar-refractivity contribution in [2.24, 2.45) is 7.05 Å². The van der Waals surface area contributed by atoms with Crippen LogP contribution in [-0.2, 0) is 7.05 Å². The molecular weight excluding hydrogens is 342 g/mol. The molecule has 0 bridgehead atoms. The van der Waals surface area contributed by atoms with Crippen LogP contribution >= 0.6 is 0 Å². The van der Waals surface area contributed by atoms with Gasteiger partial charge in [-0.05, 0) is 43.3 Å². The molecule has 2 heterocycles. The van der Waals surface area contributed by atoms with Gasteiger partial charge in [0.05, 0.1) is 0 Å². The number of hydrogen-bond acceptors (Lipinski definition) is 5. The van der Waals surface area contributed by atoms with Gasteiger partial charge in [0.25, 0.3) is 11.8 Å². The Balaban J connectivity index is 1.52. The van der Waals surface area contributed by atoms with Gasteiger partial charge in [-0.3, -0.25) is 4.79 Å². The van der Waals surface area contributed by atoms with E-state index in [0.29, 0.717) is 23.0 Å². The fourth-order valence-electron chi connectivity index (χ4n) is 2.76. The van der Waals surface area contributed by atoms with Crippen molar-refractivity contribution in [1.29, 1.82) is 0 Å².